The fourth-order valence-electron chi connectivity index (χ4n) is 4.47. The lowest BCUT2D eigenvalue weighted by molar-refractivity contribution is -0.121. The number of benzene rings is 2. The SMILES string of the molecule is N=S(=O)(c1ccc(-c2ccc(CNC(=O)Cn3c(-c4ncco4)cc4cc(F)ccc43)nc2)cc1)C1CC1. The number of nitrogens with one attached hydrogen (secondary N) is 2. The Kier molecular flexibility index (Phi) is 6.03. The highest BCUT2D eigenvalue weighted by atomic mass is 32.2. The van der Waals surface area contributed by atoms with Crippen LogP contribution in [0.2, 0.25) is 0 Å². The van der Waals surface area contributed by atoms with Crippen molar-refractivity contribution in [3.05, 3.63) is 90.8 Å². The molecular formula is C28H24FN5O3S. The molecule has 0 bridgehead atoms. The maximum absolute atomic E-state index is 13.8. The molecule has 0 saturated heterocycles. The van der Waals surface area contributed by atoms with Crippen LogP contribution in [0.5, 0.6) is 0 Å². The van der Waals surface area contributed by atoms with Crippen molar-refractivity contribution in [3.8, 4) is 22.7 Å². The van der Waals surface area contributed by atoms with E-state index in [1.807, 2.05) is 24.3 Å². The second-order valence-corrected chi connectivity index (χ2v) is 11.6. The number of aromatic nitrogens is 3. The lowest BCUT2D eigenvalue weighted by Gasteiger charge is -2.10. The number of rotatable bonds is 8. The maximum Gasteiger partial charge on any atom is 0.243 e. The average Bonchev–Trinajstić information content (AvgIpc) is 3.55. The van der Waals surface area contributed by atoms with Crippen LogP contribution in [0, 0.1) is 10.6 Å². The van der Waals surface area contributed by atoms with Crippen LogP contribution in [0.3, 0.4) is 0 Å². The van der Waals surface area contributed by atoms with Crippen molar-refractivity contribution in [2.45, 2.75) is 36.1 Å². The molecule has 5 aromatic rings. The Morgan fingerprint density at radius 2 is 1.87 bits per heavy atom. The second kappa shape index (κ2) is 9.53. The number of amides is 1. The van der Waals surface area contributed by atoms with Gasteiger partial charge in [-0.15, -0.1) is 0 Å². The van der Waals surface area contributed by atoms with Crippen molar-refractivity contribution in [3.63, 3.8) is 0 Å². The molecular weight excluding hydrogens is 505 g/mol. The first kappa shape index (κ1) is 24.1. The molecule has 0 spiro atoms. The Morgan fingerprint density at radius 1 is 1.08 bits per heavy atom. The van der Waals surface area contributed by atoms with E-state index in [9.17, 15) is 13.4 Å². The number of fused-ring (bicyclic) bond motifs is 1. The Morgan fingerprint density at radius 3 is 2.55 bits per heavy atom. The summed E-state index contributed by atoms with van der Waals surface area (Å²) in [4.78, 5) is 22.1. The zero-order valence-corrected chi connectivity index (χ0v) is 21.1. The van der Waals surface area contributed by atoms with Gasteiger partial charge in [0.15, 0.2) is 0 Å². The van der Waals surface area contributed by atoms with Crippen molar-refractivity contribution in [2.24, 2.45) is 0 Å². The number of oxazole rings is 1. The van der Waals surface area contributed by atoms with E-state index in [0.29, 0.717) is 33.1 Å². The standard InChI is InChI=1S/C28H24FN5O3S/c29-21-4-10-25-20(13-21)14-26(28-31-11-12-37-28)34(25)17-27(35)33-16-22-5-1-19(15-32-22)18-2-6-23(7-3-18)38(30,36)24-8-9-24/h1-7,10-15,24,30H,8-9,16-17H2,(H,33,35). The molecule has 10 heteroatoms. The van der Waals surface area contributed by atoms with Gasteiger partial charge in [0.1, 0.15) is 24.3 Å². The molecule has 1 aliphatic carbocycles. The van der Waals surface area contributed by atoms with E-state index in [1.165, 1.54) is 24.6 Å². The number of hydrogen-bond donors (Lipinski definition) is 2. The second-order valence-electron chi connectivity index (χ2n) is 9.30. The molecule has 3 heterocycles. The topological polar surface area (TPSA) is 114 Å². The number of halogens is 1. The summed E-state index contributed by atoms with van der Waals surface area (Å²) in [5.74, 6) is -0.258. The van der Waals surface area contributed by atoms with Crippen LogP contribution < -0.4 is 5.32 Å². The first-order chi connectivity index (χ1) is 18.4. The Balaban J connectivity index is 1.13. The molecule has 6 rings (SSSR count). The molecule has 1 saturated carbocycles. The first-order valence-corrected chi connectivity index (χ1v) is 13.8. The smallest absolute Gasteiger partial charge is 0.243 e. The predicted molar refractivity (Wildman–Crippen MR) is 141 cm³/mol. The molecule has 3 aromatic heterocycles. The van der Waals surface area contributed by atoms with Gasteiger partial charge in [-0.3, -0.25) is 9.78 Å². The normalized spacial score (nSPS) is 14.9. The summed E-state index contributed by atoms with van der Waals surface area (Å²) in [6.45, 7) is 0.236. The van der Waals surface area contributed by atoms with Gasteiger partial charge in [-0.25, -0.2) is 18.4 Å². The highest BCUT2D eigenvalue weighted by Gasteiger charge is 2.33. The summed E-state index contributed by atoms with van der Waals surface area (Å²) in [6.07, 6.45) is 6.41. The molecule has 1 unspecified atom stereocenters. The largest absolute Gasteiger partial charge is 0.443 e. The highest BCUT2D eigenvalue weighted by Crippen LogP contribution is 2.34. The van der Waals surface area contributed by atoms with Crippen LogP contribution in [0.15, 0.2) is 88.6 Å². The third-order valence-electron chi connectivity index (χ3n) is 6.64. The van der Waals surface area contributed by atoms with Crippen LogP contribution in [-0.4, -0.2) is 29.9 Å². The number of carbonyl (C=O) groups is 1. The molecule has 1 fully saturated rings. The lowest BCUT2D eigenvalue weighted by Crippen LogP contribution is -2.27. The summed E-state index contributed by atoms with van der Waals surface area (Å²) in [7, 11) is -2.72. The average molecular weight is 530 g/mol. The summed E-state index contributed by atoms with van der Waals surface area (Å²) >= 11 is 0. The summed E-state index contributed by atoms with van der Waals surface area (Å²) in [6, 6.07) is 17.2. The van der Waals surface area contributed by atoms with Gasteiger partial charge in [-0.1, -0.05) is 18.2 Å². The van der Waals surface area contributed by atoms with Gasteiger partial charge in [0.25, 0.3) is 0 Å². The fourth-order valence-corrected chi connectivity index (χ4v) is 6.19. The van der Waals surface area contributed by atoms with Crippen LogP contribution in [0.1, 0.15) is 18.5 Å². The molecule has 2 aromatic carbocycles. The quantitative estimate of drug-likeness (QED) is 0.280. The first-order valence-electron chi connectivity index (χ1n) is 12.2. The molecule has 1 atom stereocenters. The van der Waals surface area contributed by atoms with Gasteiger partial charge in [0.2, 0.25) is 11.8 Å². The van der Waals surface area contributed by atoms with Gasteiger partial charge in [-0.05, 0) is 60.9 Å². The summed E-state index contributed by atoms with van der Waals surface area (Å²) in [5, 5.41) is 3.52. The summed E-state index contributed by atoms with van der Waals surface area (Å²) < 4.78 is 41.7. The van der Waals surface area contributed by atoms with Crippen LogP contribution >= 0.6 is 0 Å². The third kappa shape index (κ3) is 4.70. The van der Waals surface area contributed by atoms with Crippen LogP contribution in [0.4, 0.5) is 4.39 Å². The number of hydrogen-bond acceptors (Lipinski definition) is 6. The molecule has 38 heavy (non-hydrogen) atoms. The molecule has 1 aliphatic rings. The number of nitrogens with zero attached hydrogens (tertiary/aromatic N) is 3. The minimum Gasteiger partial charge on any atom is -0.443 e. The van der Waals surface area contributed by atoms with Gasteiger partial charge < -0.3 is 14.3 Å². The van der Waals surface area contributed by atoms with E-state index in [2.05, 4.69) is 15.3 Å². The maximum atomic E-state index is 13.8. The Bertz CT molecular complexity index is 1720. The Labute approximate surface area is 218 Å². The van der Waals surface area contributed by atoms with Crippen molar-refractivity contribution in [1.82, 2.24) is 19.9 Å². The predicted octanol–water partition coefficient (Wildman–Crippen LogP) is 5.38. The van der Waals surface area contributed by atoms with E-state index >= 15 is 0 Å². The lowest BCUT2D eigenvalue weighted by atomic mass is 10.1. The van der Waals surface area contributed by atoms with Crippen LogP contribution in [-0.2, 0) is 27.6 Å². The molecule has 8 nitrogen and oxygen atoms in total. The van der Waals surface area contributed by atoms with Crippen molar-refractivity contribution >= 4 is 26.5 Å². The minimum absolute atomic E-state index is 0.00265. The monoisotopic (exact) mass is 529 g/mol. The molecule has 0 aliphatic heterocycles. The molecule has 2 N–H and O–H groups in total. The zero-order valence-electron chi connectivity index (χ0n) is 20.3. The van der Waals surface area contributed by atoms with E-state index in [-0.39, 0.29) is 30.1 Å². The minimum atomic E-state index is -2.72. The zero-order chi connectivity index (χ0) is 26.3. The van der Waals surface area contributed by atoms with Crippen molar-refractivity contribution in [2.75, 3.05) is 0 Å². The highest BCUT2D eigenvalue weighted by molar-refractivity contribution is 7.93. The van der Waals surface area contributed by atoms with E-state index < -0.39 is 9.73 Å². The fraction of sp³-hybridized carbons (Fsp3) is 0.179. The van der Waals surface area contributed by atoms with Crippen molar-refractivity contribution in [1.29, 1.82) is 4.78 Å². The van der Waals surface area contributed by atoms with E-state index in [1.54, 1.807) is 35.0 Å². The molecule has 1 amide bonds. The van der Waals surface area contributed by atoms with E-state index in [0.717, 1.165) is 24.0 Å². The Hall–Kier alpha value is -4.31. The third-order valence-corrected chi connectivity index (χ3v) is 9.02. The van der Waals surface area contributed by atoms with Crippen LogP contribution in [0.25, 0.3) is 33.6 Å². The summed E-state index contributed by atoms with van der Waals surface area (Å²) in [5.41, 5.74) is 3.77. The van der Waals surface area contributed by atoms with E-state index in [4.69, 9.17) is 9.20 Å². The number of carbonyl (C=O) groups excluding carboxylic acids is 1. The van der Waals surface area contributed by atoms with Gasteiger partial charge in [0.05, 0.1) is 28.2 Å². The van der Waals surface area contributed by atoms with Gasteiger partial charge in [-0.2, -0.15) is 0 Å². The molecule has 0 radical (unpaired) electrons. The number of pyridine rings is 1. The van der Waals surface area contributed by atoms with Gasteiger partial charge >= 0.3 is 0 Å². The van der Waals surface area contributed by atoms with Crippen molar-refractivity contribution < 1.29 is 17.8 Å². The molecule has 192 valence electrons. The van der Waals surface area contributed by atoms with Gasteiger partial charge in [0, 0.05) is 32.8 Å².